The smallest absolute Gasteiger partial charge is 0.323 e. The minimum atomic E-state index is -0.574. The van der Waals surface area contributed by atoms with Crippen LogP contribution in [0.3, 0.4) is 0 Å². The summed E-state index contributed by atoms with van der Waals surface area (Å²) in [4.78, 5) is 23.9. The maximum Gasteiger partial charge on any atom is 0.323 e. The van der Waals surface area contributed by atoms with Gasteiger partial charge in [-0.15, -0.1) is 0 Å². The lowest BCUT2D eigenvalue weighted by molar-refractivity contribution is -0.149. The second-order valence-corrected chi connectivity index (χ2v) is 6.77. The Morgan fingerprint density at radius 3 is 1.46 bits per heavy atom. The fraction of sp³-hybridized carbons (Fsp3) is 0.889. The van der Waals surface area contributed by atoms with E-state index in [2.05, 4.69) is 0 Å². The van der Waals surface area contributed by atoms with Gasteiger partial charge < -0.3 is 20.9 Å². The first-order valence-corrected chi connectivity index (χ1v) is 9.35. The Balaban J connectivity index is 2.34. The van der Waals surface area contributed by atoms with Gasteiger partial charge in [0.05, 0.1) is 13.2 Å². The highest BCUT2D eigenvalue weighted by molar-refractivity contribution is 5.76. The molecule has 24 heavy (non-hydrogen) atoms. The van der Waals surface area contributed by atoms with E-state index in [4.69, 9.17) is 20.9 Å². The minimum Gasteiger partial charge on any atom is -0.465 e. The molecule has 0 spiro atoms. The molecule has 0 amide bonds. The Kier molecular flexibility index (Phi) is 9.95. The van der Waals surface area contributed by atoms with Gasteiger partial charge in [-0.25, -0.2) is 0 Å². The molecule has 0 aromatic heterocycles. The molecule has 0 aromatic carbocycles. The predicted octanol–water partition coefficient (Wildman–Crippen LogP) is 2.13. The van der Waals surface area contributed by atoms with Crippen molar-refractivity contribution in [3.05, 3.63) is 0 Å². The molecular weight excluding hydrogens is 308 g/mol. The van der Waals surface area contributed by atoms with E-state index < -0.39 is 12.1 Å². The number of esters is 2. The van der Waals surface area contributed by atoms with Gasteiger partial charge in [0.15, 0.2) is 0 Å². The number of carbonyl (C=O) groups excluding carboxylic acids is 2. The summed E-state index contributed by atoms with van der Waals surface area (Å²) in [6, 6.07) is -1.15. The van der Waals surface area contributed by atoms with E-state index in [1.54, 1.807) is 0 Å². The molecule has 4 N–H and O–H groups in total. The van der Waals surface area contributed by atoms with Gasteiger partial charge >= 0.3 is 11.9 Å². The third-order valence-corrected chi connectivity index (χ3v) is 4.86. The van der Waals surface area contributed by atoms with Gasteiger partial charge in [0.1, 0.15) is 12.1 Å². The largest absolute Gasteiger partial charge is 0.465 e. The molecular formula is C18H34N2O4. The standard InChI is InChI=1S/C18H34N2O4/c1-3-5-11-23-17(21)15(19)13-7-9-14(10-8-13)16(20)18(22)24-12-6-4-2/h13-16H,3-12,19-20H2,1-2H3. The van der Waals surface area contributed by atoms with Crippen molar-refractivity contribution in [3.63, 3.8) is 0 Å². The topological polar surface area (TPSA) is 105 Å². The van der Waals surface area contributed by atoms with Crippen LogP contribution in [0.4, 0.5) is 0 Å². The SMILES string of the molecule is CCCCOC(=O)C(N)C1CCC(C(N)C(=O)OCCCC)CC1. The summed E-state index contributed by atoms with van der Waals surface area (Å²) in [5.41, 5.74) is 12.1. The van der Waals surface area contributed by atoms with Crippen molar-refractivity contribution in [2.75, 3.05) is 13.2 Å². The molecule has 0 radical (unpaired) electrons. The van der Waals surface area contributed by atoms with Crippen molar-refractivity contribution in [1.29, 1.82) is 0 Å². The Labute approximate surface area is 145 Å². The van der Waals surface area contributed by atoms with E-state index in [-0.39, 0.29) is 23.8 Å². The molecule has 2 unspecified atom stereocenters. The Bertz CT molecular complexity index is 345. The highest BCUT2D eigenvalue weighted by Crippen LogP contribution is 2.32. The highest BCUT2D eigenvalue weighted by Gasteiger charge is 2.34. The van der Waals surface area contributed by atoms with Crippen molar-refractivity contribution in [2.24, 2.45) is 23.3 Å². The van der Waals surface area contributed by atoms with Gasteiger partial charge in [-0.3, -0.25) is 9.59 Å². The van der Waals surface area contributed by atoms with Crippen LogP contribution in [0.25, 0.3) is 0 Å². The maximum absolute atomic E-state index is 11.9. The molecule has 1 saturated carbocycles. The average molecular weight is 342 g/mol. The van der Waals surface area contributed by atoms with Crippen molar-refractivity contribution in [3.8, 4) is 0 Å². The van der Waals surface area contributed by atoms with E-state index >= 15 is 0 Å². The summed E-state index contributed by atoms with van der Waals surface area (Å²) in [5, 5.41) is 0. The lowest BCUT2D eigenvalue weighted by Crippen LogP contribution is -2.45. The monoisotopic (exact) mass is 342 g/mol. The lowest BCUT2D eigenvalue weighted by atomic mass is 9.76. The average Bonchev–Trinajstić information content (AvgIpc) is 2.60. The number of hydrogen-bond acceptors (Lipinski definition) is 6. The number of unbranched alkanes of at least 4 members (excludes halogenated alkanes) is 2. The second kappa shape index (κ2) is 11.4. The van der Waals surface area contributed by atoms with Crippen LogP contribution in [0.15, 0.2) is 0 Å². The van der Waals surface area contributed by atoms with Gasteiger partial charge in [0, 0.05) is 0 Å². The van der Waals surface area contributed by atoms with Crippen LogP contribution >= 0.6 is 0 Å². The first-order chi connectivity index (χ1) is 11.5. The van der Waals surface area contributed by atoms with Crippen LogP contribution in [0.2, 0.25) is 0 Å². The number of carbonyl (C=O) groups is 2. The van der Waals surface area contributed by atoms with E-state index in [1.165, 1.54) is 0 Å². The van der Waals surface area contributed by atoms with E-state index in [0.29, 0.717) is 13.2 Å². The summed E-state index contributed by atoms with van der Waals surface area (Å²) < 4.78 is 10.4. The summed E-state index contributed by atoms with van der Waals surface area (Å²) in [6.07, 6.45) is 6.88. The van der Waals surface area contributed by atoms with Crippen LogP contribution in [-0.2, 0) is 19.1 Å². The van der Waals surface area contributed by atoms with E-state index in [9.17, 15) is 9.59 Å². The molecule has 6 nitrogen and oxygen atoms in total. The number of nitrogens with two attached hydrogens (primary N) is 2. The van der Waals surface area contributed by atoms with Crippen molar-refractivity contribution < 1.29 is 19.1 Å². The zero-order chi connectivity index (χ0) is 17.9. The fourth-order valence-electron chi connectivity index (χ4n) is 3.07. The lowest BCUT2D eigenvalue weighted by Gasteiger charge is -2.33. The van der Waals surface area contributed by atoms with Crippen LogP contribution in [0.5, 0.6) is 0 Å². The molecule has 0 heterocycles. The molecule has 0 aliphatic heterocycles. The normalized spacial score (nSPS) is 23.3. The maximum atomic E-state index is 11.9. The summed E-state index contributed by atoms with van der Waals surface area (Å²) >= 11 is 0. The van der Waals surface area contributed by atoms with Crippen LogP contribution in [-0.4, -0.2) is 37.2 Å². The first kappa shape index (κ1) is 20.9. The Morgan fingerprint density at radius 1 is 0.833 bits per heavy atom. The zero-order valence-corrected chi connectivity index (χ0v) is 15.2. The van der Waals surface area contributed by atoms with Crippen LogP contribution in [0.1, 0.15) is 65.2 Å². The number of ether oxygens (including phenoxy) is 2. The minimum absolute atomic E-state index is 0.110. The quantitative estimate of drug-likeness (QED) is 0.465. The van der Waals surface area contributed by atoms with Gasteiger partial charge in [-0.05, 0) is 50.4 Å². The Hall–Kier alpha value is -1.14. The summed E-state index contributed by atoms with van der Waals surface area (Å²) in [7, 11) is 0. The molecule has 6 heteroatoms. The van der Waals surface area contributed by atoms with Gasteiger partial charge in [0.2, 0.25) is 0 Å². The van der Waals surface area contributed by atoms with Gasteiger partial charge in [-0.2, -0.15) is 0 Å². The molecule has 2 atom stereocenters. The predicted molar refractivity (Wildman–Crippen MR) is 93.1 cm³/mol. The molecule has 1 fully saturated rings. The molecule has 0 saturated heterocycles. The molecule has 140 valence electrons. The molecule has 1 aliphatic carbocycles. The highest BCUT2D eigenvalue weighted by atomic mass is 16.5. The van der Waals surface area contributed by atoms with E-state index in [0.717, 1.165) is 51.4 Å². The zero-order valence-electron chi connectivity index (χ0n) is 15.2. The third-order valence-electron chi connectivity index (χ3n) is 4.86. The first-order valence-electron chi connectivity index (χ1n) is 9.35. The van der Waals surface area contributed by atoms with Crippen molar-refractivity contribution >= 4 is 11.9 Å². The molecule has 1 aliphatic rings. The van der Waals surface area contributed by atoms with Crippen LogP contribution in [0, 0.1) is 11.8 Å². The van der Waals surface area contributed by atoms with Crippen molar-refractivity contribution in [2.45, 2.75) is 77.3 Å². The summed E-state index contributed by atoms with van der Waals surface area (Å²) in [6.45, 7) is 4.97. The van der Waals surface area contributed by atoms with Crippen molar-refractivity contribution in [1.82, 2.24) is 0 Å². The fourth-order valence-corrected chi connectivity index (χ4v) is 3.07. The second-order valence-electron chi connectivity index (χ2n) is 6.77. The molecule has 0 aromatic rings. The van der Waals surface area contributed by atoms with E-state index in [1.807, 2.05) is 13.8 Å². The van der Waals surface area contributed by atoms with Gasteiger partial charge in [0.25, 0.3) is 0 Å². The number of rotatable bonds is 10. The van der Waals surface area contributed by atoms with Gasteiger partial charge in [-0.1, -0.05) is 26.7 Å². The van der Waals surface area contributed by atoms with Crippen LogP contribution < -0.4 is 11.5 Å². The number of hydrogen-bond donors (Lipinski definition) is 2. The molecule has 0 bridgehead atoms. The third kappa shape index (κ3) is 6.77. The summed E-state index contributed by atoms with van der Waals surface area (Å²) in [5.74, 6) is -0.400. The molecule has 1 rings (SSSR count). The Morgan fingerprint density at radius 2 is 1.17 bits per heavy atom.